The van der Waals surface area contributed by atoms with Crippen molar-refractivity contribution in [2.75, 3.05) is 6.54 Å². The minimum atomic E-state index is 0.239. The Morgan fingerprint density at radius 3 is 2.85 bits per heavy atom. The molecule has 0 fully saturated rings. The Morgan fingerprint density at radius 1 is 1.54 bits per heavy atom. The molecular formula is C10H11ClFN. The average molecular weight is 200 g/mol. The third-order valence-corrected chi connectivity index (χ3v) is 1.97. The monoisotopic (exact) mass is 199 g/mol. The van der Waals surface area contributed by atoms with Crippen LogP contribution in [-0.2, 0) is 6.42 Å². The molecule has 0 aliphatic carbocycles. The van der Waals surface area contributed by atoms with Gasteiger partial charge in [0, 0.05) is 11.6 Å². The summed E-state index contributed by atoms with van der Waals surface area (Å²) >= 11 is 5.77. The zero-order chi connectivity index (χ0) is 9.68. The first-order valence-corrected chi connectivity index (χ1v) is 4.36. The Bertz CT molecular complexity index is 310. The van der Waals surface area contributed by atoms with Crippen LogP contribution in [0.5, 0.6) is 0 Å². The SMILES string of the molecule is NCC(=CF)Cc1cccc(Cl)c1. The summed E-state index contributed by atoms with van der Waals surface area (Å²) in [5.41, 5.74) is 6.87. The van der Waals surface area contributed by atoms with Crippen LogP contribution >= 0.6 is 11.6 Å². The molecule has 0 spiro atoms. The zero-order valence-corrected chi connectivity index (χ0v) is 7.89. The van der Waals surface area contributed by atoms with Gasteiger partial charge in [-0.3, -0.25) is 0 Å². The van der Waals surface area contributed by atoms with E-state index in [4.69, 9.17) is 17.3 Å². The molecule has 1 aromatic carbocycles. The number of rotatable bonds is 3. The number of hydrogen-bond acceptors (Lipinski definition) is 1. The fourth-order valence-electron chi connectivity index (χ4n) is 1.06. The molecular weight excluding hydrogens is 189 g/mol. The Hall–Kier alpha value is -0.860. The van der Waals surface area contributed by atoms with E-state index in [1.165, 1.54) is 0 Å². The van der Waals surface area contributed by atoms with Gasteiger partial charge in [0.15, 0.2) is 0 Å². The lowest BCUT2D eigenvalue weighted by atomic mass is 10.1. The lowest BCUT2D eigenvalue weighted by Gasteiger charge is -2.02. The van der Waals surface area contributed by atoms with Crippen LogP contribution in [0.15, 0.2) is 36.2 Å². The van der Waals surface area contributed by atoms with Crippen LogP contribution in [0.2, 0.25) is 5.02 Å². The summed E-state index contributed by atoms with van der Waals surface area (Å²) in [6, 6.07) is 7.32. The lowest BCUT2D eigenvalue weighted by Crippen LogP contribution is -2.05. The van der Waals surface area contributed by atoms with Gasteiger partial charge in [-0.15, -0.1) is 0 Å². The fourth-order valence-corrected chi connectivity index (χ4v) is 1.28. The molecule has 1 aromatic rings. The Kier molecular flexibility index (Phi) is 3.93. The number of nitrogens with two attached hydrogens (primary N) is 1. The quantitative estimate of drug-likeness (QED) is 0.796. The molecule has 0 saturated heterocycles. The molecule has 70 valence electrons. The van der Waals surface area contributed by atoms with Crippen molar-refractivity contribution in [2.45, 2.75) is 6.42 Å². The zero-order valence-electron chi connectivity index (χ0n) is 7.13. The van der Waals surface area contributed by atoms with E-state index in [0.717, 1.165) is 5.56 Å². The molecule has 0 saturated carbocycles. The van der Waals surface area contributed by atoms with E-state index < -0.39 is 0 Å². The van der Waals surface area contributed by atoms with Crippen LogP contribution in [0, 0.1) is 0 Å². The number of hydrogen-bond donors (Lipinski definition) is 1. The minimum Gasteiger partial charge on any atom is -0.327 e. The third kappa shape index (κ3) is 3.17. The average Bonchev–Trinajstić information content (AvgIpc) is 2.14. The predicted octanol–water partition coefficient (Wildman–Crippen LogP) is 2.69. The van der Waals surface area contributed by atoms with Crippen LogP contribution < -0.4 is 5.73 Å². The lowest BCUT2D eigenvalue weighted by molar-refractivity contribution is 0.699. The van der Waals surface area contributed by atoms with E-state index in [2.05, 4.69) is 0 Å². The number of benzene rings is 1. The van der Waals surface area contributed by atoms with Gasteiger partial charge in [-0.25, -0.2) is 4.39 Å². The normalized spacial score (nSPS) is 11.8. The van der Waals surface area contributed by atoms with E-state index in [1.807, 2.05) is 12.1 Å². The molecule has 0 heterocycles. The molecule has 0 atom stereocenters. The van der Waals surface area contributed by atoms with Crippen molar-refractivity contribution in [2.24, 2.45) is 5.73 Å². The molecule has 0 radical (unpaired) electrons. The Morgan fingerprint density at radius 2 is 2.31 bits per heavy atom. The molecule has 0 amide bonds. The van der Waals surface area contributed by atoms with Crippen molar-refractivity contribution in [3.63, 3.8) is 0 Å². The maximum atomic E-state index is 12.2. The summed E-state index contributed by atoms with van der Waals surface area (Å²) < 4.78 is 12.2. The van der Waals surface area contributed by atoms with Gasteiger partial charge in [-0.2, -0.15) is 0 Å². The van der Waals surface area contributed by atoms with Gasteiger partial charge < -0.3 is 5.73 Å². The smallest absolute Gasteiger partial charge is 0.0875 e. The number of halogens is 2. The van der Waals surface area contributed by atoms with Crippen LogP contribution in [0.4, 0.5) is 4.39 Å². The molecule has 2 N–H and O–H groups in total. The fraction of sp³-hybridized carbons (Fsp3) is 0.200. The standard InChI is InChI=1S/C10H11ClFN/c11-10-3-1-2-8(5-10)4-9(6-12)7-13/h1-3,5-6H,4,7,13H2. The van der Waals surface area contributed by atoms with Gasteiger partial charge in [-0.1, -0.05) is 23.7 Å². The first-order chi connectivity index (χ1) is 6.26. The predicted molar refractivity (Wildman–Crippen MR) is 53.4 cm³/mol. The van der Waals surface area contributed by atoms with Gasteiger partial charge in [0.25, 0.3) is 0 Å². The Labute approximate surface area is 82.0 Å². The molecule has 0 unspecified atom stereocenters. The second-order valence-corrected chi connectivity index (χ2v) is 3.21. The maximum Gasteiger partial charge on any atom is 0.0875 e. The van der Waals surface area contributed by atoms with E-state index in [-0.39, 0.29) is 6.54 Å². The van der Waals surface area contributed by atoms with E-state index in [0.29, 0.717) is 23.3 Å². The van der Waals surface area contributed by atoms with Crippen molar-refractivity contribution >= 4 is 11.6 Å². The second kappa shape index (κ2) is 5.00. The highest BCUT2D eigenvalue weighted by Crippen LogP contribution is 2.13. The van der Waals surface area contributed by atoms with Gasteiger partial charge in [-0.05, 0) is 29.7 Å². The third-order valence-electron chi connectivity index (χ3n) is 1.74. The van der Waals surface area contributed by atoms with Gasteiger partial charge in [0.05, 0.1) is 6.33 Å². The van der Waals surface area contributed by atoms with Crippen molar-refractivity contribution in [1.82, 2.24) is 0 Å². The Balaban J connectivity index is 2.74. The van der Waals surface area contributed by atoms with Crippen LogP contribution in [0.25, 0.3) is 0 Å². The van der Waals surface area contributed by atoms with E-state index in [1.54, 1.807) is 12.1 Å². The van der Waals surface area contributed by atoms with Crippen LogP contribution in [-0.4, -0.2) is 6.54 Å². The highest BCUT2D eigenvalue weighted by atomic mass is 35.5. The molecule has 0 aliphatic heterocycles. The summed E-state index contributed by atoms with van der Waals surface area (Å²) in [6.07, 6.45) is 1.08. The van der Waals surface area contributed by atoms with Crippen molar-refractivity contribution in [3.8, 4) is 0 Å². The van der Waals surface area contributed by atoms with Crippen LogP contribution in [0.3, 0.4) is 0 Å². The van der Waals surface area contributed by atoms with Crippen molar-refractivity contribution in [3.05, 3.63) is 46.8 Å². The summed E-state index contributed by atoms with van der Waals surface area (Å²) in [7, 11) is 0. The van der Waals surface area contributed by atoms with Crippen molar-refractivity contribution < 1.29 is 4.39 Å². The van der Waals surface area contributed by atoms with E-state index in [9.17, 15) is 4.39 Å². The molecule has 1 nitrogen and oxygen atoms in total. The second-order valence-electron chi connectivity index (χ2n) is 2.78. The highest BCUT2D eigenvalue weighted by molar-refractivity contribution is 6.30. The maximum absolute atomic E-state index is 12.2. The molecule has 13 heavy (non-hydrogen) atoms. The topological polar surface area (TPSA) is 26.0 Å². The van der Waals surface area contributed by atoms with E-state index >= 15 is 0 Å². The minimum absolute atomic E-state index is 0.239. The molecule has 0 bridgehead atoms. The molecule has 3 heteroatoms. The summed E-state index contributed by atoms with van der Waals surface area (Å²) in [4.78, 5) is 0. The molecule has 0 aromatic heterocycles. The van der Waals surface area contributed by atoms with Gasteiger partial charge in [0.1, 0.15) is 0 Å². The molecule has 1 rings (SSSR count). The summed E-state index contributed by atoms with van der Waals surface area (Å²) in [5.74, 6) is 0. The first kappa shape index (κ1) is 10.2. The summed E-state index contributed by atoms with van der Waals surface area (Å²) in [6.45, 7) is 0.239. The van der Waals surface area contributed by atoms with Gasteiger partial charge in [0.2, 0.25) is 0 Å². The first-order valence-electron chi connectivity index (χ1n) is 3.99. The largest absolute Gasteiger partial charge is 0.327 e. The summed E-state index contributed by atoms with van der Waals surface area (Å²) in [5, 5.41) is 0.660. The van der Waals surface area contributed by atoms with Crippen molar-refractivity contribution in [1.29, 1.82) is 0 Å². The highest BCUT2D eigenvalue weighted by Gasteiger charge is 1.98. The molecule has 0 aliphatic rings. The van der Waals surface area contributed by atoms with Gasteiger partial charge >= 0.3 is 0 Å². The van der Waals surface area contributed by atoms with Crippen LogP contribution in [0.1, 0.15) is 5.56 Å².